The van der Waals surface area contributed by atoms with Crippen molar-refractivity contribution in [3.8, 4) is 0 Å². The molecule has 0 aromatic carbocycles. The highest BCUT2D eigenvalue weighted by atomic mass is 16.4. The molecule has 6 heteroatoms. The van der Waals surface area contributed by atoms with Gasteiger partial charge in [-0.15, -0.1) is 0 Å². The van der Waals surface area contributed by atoms with E-state index in [1.165, 1.54) is 0 Å². The molecular weight excluding hydrogens is 294 g/mol. The van der Waals surface area contributed by atoms with Crippen LogP contribution < -0.4 is 5.32 Å². The fraction of sp³-hybridized carbons (Fsp3) is 0.706. The zero-order valence-corrected chi connectivity index (χ0v) is 15.1. The van der Waals surface area contributed by atoms with Crippen molar-refractivity contribution in [3.05, 3.63) is 17.0 Å². The monoisotopic (exact) mass is 323 g/mol. The fourth-order valence-electron chi connectivity index (χ4n) is 2.36. The number of carboxylic acid groups (broad SMARTS) is 1. The predicted molar refractivity (Wildman–Crippen MR) is 89.3 cm³/mol. The van der Waals surface area contributed by atoms with Crippen molar-refractivity contribution in [2.75, 3.05) is 6.54 Å². The molecular formula is C17H29N3O3. The number of amides is 1. The SMILES string of the molecule is Cc1nn(CC(C)C)c(C)c1CC(=O)NCCC(C)(C)C(=O)O. The Kier molecular flexibility index (Phi) is 6.36. The van der Waals surface area contributed by atoms with Crippen LogP contribution in [0.1, 0.15) is 51.1 Å². The van der Waals surface area contributed by atoms with Crippen molar-refractivity contribution in [1.29, 1.82) is 0 Å². The number of aromatic nitrogens is 2. The van der Waals surface area contributed by atoms with Crippen LogP contribution in [0, 0.1) is 25.2 Å². The van der Waals surface area contributed by atoms with Gasteiger partial charge in [0.15, 0.2) is 0 Å². The lowest BCUT2D eigenvalue weighted by atomic mass is 9.90. The van der Waals surface area contributed by atoms with E-state index in [1.54, 1.807) is 13.8 Å². The third-order valence-corrected chi connectivity index (χ3v) is 4.06. The Morgan fingerprint density at radius 2 is 1.91 bits per heavy atom. The van der Waals surface area contributed by atoms with Gasteiger partial charge in [-0.05, 0) is 40.0 Å². The standard InChI is InChI=1S/C17H29N3O3/c1-11(2)10-20-13(4)14(12(3)19-20)9-15(21)18-8-7-17(5,6)16(22)23/h11H,7-10H2,1-6H3,(H,18,21)(H,22,23). The first-order valence-electron chi connectivity index (χ1n) is 8.07. The number of rotatable bonds is 8. The van der Waals surface area contributed by atoms with Gasteiger partial charge in [0.2, 0.25) is 5.91 Å². The molecule has 0 saturated carbocycles. The molecule has 0 unspecified atom stereocenters. The first kappa shape index (κ1) is 19.2. The third-order valence-electron chi connectivity index (χ3n) is 4.06. The van der Waals surface area contributed by atoms with Gasteiger partial charge in [0.25, 0.3) is 0 Å². The molecule has 1 aromatic rings. The van der Waals surface area contributed by atoms with Gasteiger partial charge in [0.05, 0.1) is 17.5 Å². The van der Waals surface area contributed by atoms with Crippen LogP contribution in [0.2, 0.25) is 0 Å². The number of hydrogen-bond donors (Lipinski definition) is 2. The summed E-state index contributed by atoms with van der Waals surface area (Å²) in [6.07, 6.45) is 0.682. The Balaban J connectivity index is 2.61. The molecule has 0 fully saturated rings. The van der Waals surface area contributed by atoms with Crippen molar-refractivity contribution in [3.63, 3.8) is 0 Å². The minimum Gasteiger partial charge on any atom is -0.481 e. The predicted octanol–water partition coefficient (Wildman–Crippen LogP) is 2.32. The van der Waals surface area contributed by atoms with Gasteiger partial charge >= 0.3 is 5.97 Å². The molecule has 0 radical (unpaired) electrons. The molecule has 0 aliphatic heterocycles. The molecule has 0 aliphatic rings. The maximum Gasteiger partial charge on any atom is 0.309 e. The minimum absolute atomic E-state index is 0.0958. The number of nitrogens with zero attached hydrogens (tertiary/aromatic N) is 2. The Morgan fingerprint density at radius 3 is 2.43 bits per heavy atom. The van der Waals surface area contributed by atoms with Crippen molar-refractivity contribution < 1.29 is 14.7 Å². The zero-order valence-electron chi connectivity index (χ0n) is 15.1. The number of carbonyl (C=O) groups is 2. The summed E-state index contributed by atoms with van der Waals surface area (Å²) in [6, 6.07) is 0. The molecule has 2 N–H and O–H groups in total. The number of aliphatic carboxylic acids is 1. The van der Waals surface area contributed by atoms with E-state index in [0.717, 1.165) is 23.5 Å². The summed E-state index contributed by atoms with van der Waals surface area (Å²) in [5.41, 5.74) is 2.03. The highest BCUT2D eigenvalue weighted by Gasteiger charge is 2.26. The van der Waals surface area contributed by atoms with Crippen molar-refractivity contribution >= 4 is 11.9 Å². The fourth-order valence-corrected chi connectivity index (χ4v) is 2.36. The van der Waals surface area contributed by atoms with Crippen molar-refractivity contribution in [2.45, 2.75) is 60.9 Å². The number of carboxylic acids is 1. The lowest BCUT2D eigenvalue weighted by Crippen LogP contribution is -2.32. The van der Waals surface area contributed by atoms with Crippen molar-refractivity contribution in [2.24, 2.45) is 11.3 Å². The topological polar surface area (TPSA) is 84.2 Å². The summed E-state index contributed by atoms with van der Waals surface area (Å²) in [7, 11) is 0. The largest absolute Gasteiger partial charge is 0.481 e. The number of hydrogen-bond acceptors (Lipinski definition) is 3. The Bertz CT molecular complexity index is 574. The van der Waals surface area contributed by atoms with Crippen LogP contribution in [0.3, 0.4) is 0 Å². The molecule has 0 spiro atoms. The number of carbonyl (C=O) groups excluding carboxylic acids is 1. The lowest BCUT2D eigenvalue weighted by molar-refractivity contribution is -0.147. The maximum absolute atomic E-state index is 12.1. The molecule has 0 saturated heterocycles. The van der Waals surface area contributed by atoms with Crippen LogP contribution in [0.15, 0.2) is 0 Å². The Hall–Kier alpha value is -1.85. The summed E-state index contributed by atoms with van der Waals surface area (Å²) in [6.45, 7) is 12.7. The second-order valence-electron chi connectivity index (χ2n) is 7.19. The van der Waals surface area contributed by atoms with Gasteiger partial charge in [0.1, 0.15) is 0 Å². The van der Waals surface area contributed by atoms with Crippen LogP contribution in [0.4, 0.5) is 0 Å². The van der Waals surface area contributed by atoms with E-state index in [-0.39, 0.29) is 12.3 Å². The third kappa shape index (κ3) is 5.37. The summed E-state index contributed by atoms with van der Waals surface area (Å²) < 4.78 is 1.95. The number of nitrogens with one attached hydrogen (secondary N) is 1. The van der Waals surface area contributed by atoms with Gasteiger partial charge in [0, 0.05) is 24.3 Å². The van der Waals surface area contributed by atoms with Crippen LogP contribution in [0.5, 0.6) is 0 Å². The van der Waals surface area contributed by atoms with Gasteiger partial charge < -0.3 is 10.4 Å². The highest BCUT2D eigenvalue weighted by molar-refractivity contribution is 5.79. The zero-order chi connectivity index (χ0) is 17.8. The van der Waals surface area contributed by atoms with E-state index in [4.69, 9.17) is 5.11 Å². The molecule has 1 heterocycles. The molecule has 0 aliphatic carbocycles. The summed E-state index contributed by atoms with van der Waals surface area (Å²) in [4.78, 5) is 23.2. The van der Waals surface area contributed by atoms with E-state index < -0.39 is 11.4 Å². The molecule has 0 bridgehead atoms. The van der Waals surface area contributed by atoms with Crippen LogP contribution in [0.25, 0.3) is 0 Å². The van der Waals surface area contributed by atoms with Crippen LogP contribution in [-0.2, 0) is 22.6 Å². The smallest absolute Gasteiger partial charge is 0.309 e. The second kappa shape index (κ2) is 7.62. The first-order valence-corrected chi connectivity index (χ1v) is 8.07. The Morgan fingerprint density at radius 1 is 1.30 bits per heavy atom. The average molecular weight is 323 g/mol. The van der Waals surface area contributed by atoms with E-state index >= 15 is 0 Å². The maximum atomic E-state index is 12.1. The molecule has 1 rings (SSSR count). The molecule has 23 heavy (non-hydrogen) atoms. The quantitative estimate of drug-likeness (QED) is 0.769. The highest BCUT2D eigenvalue weighted by Crippen LogP contribution is 2.19. The Labute approximate surface area is 138 Å². The average Bonchev–Trinajstić information content (AvgIpc) is 2.65. The van der Waals surface area contributed by atoms with Crippen LogP contribution >= 0.6 is 0 Å². The summed E-state index contributed by atoms with van der Waals surface area (Å²) in [5.74, 6) is -0.456. The summed E-state index contributed by atoms with van der Waals surface area (Å²) in [5, 5.41) is 16.4. The summed E-state index contributed by atoms with van der Waals surface area (Å²) >= 11 is 0. The van der Waals surface area contributed by atoms with Gasteiger partial charge in [-0.1, -0.05) is 13.8 Å². The van der Waals surface area contributed by atoms with Gasteiger partial charge in [-0.25, -0.2) is 0 Å². The molecule has 6 nitrogen and oxygen atoms in total. The van der Waals surface area contributed by atoms with Crippen molar-refractivity contribution in [1.82, 2.24) is 15.1 Å². The van der Waals surface area contributed by atoms with Gasteiger partial charge in [-0.3, -0.25) is 14.3 Å². The molecule has 1 aromatic heterocycles. The molecule has 130 valence electrons. The minimum atomic E-state index is -0.853. The van der Waals surface area contributed by atoms with Crippen LogP contribution in [-0.4, -0.2) is 33.3 Å². The molecule has 1 amide bonds. The van der Waals surface area contributed by atoms with Gasteiger partial charge in [-0.2, -0.15) is 5.10 Å². The van der Waals surface area contributed by atoms with E-state index in [2.05, 4.69) is 24.3 Å². The second-order valence-corrected chi connectivity index (χ2v) is 7.19. The lowest BCUT2D eigenvalue weighted by Gasteiger charge is -2.18. The normalized spacial score (nSPS) is 11.8. The van der Waals surface area contributed by atoms with E-state index in [1.807, 2.05) is 18.5 Å². The number of aryl methyl sites for hydroxylation is 1. The molecule has 0 atom stereocenters. The van der Waals surface area contributed by atoms with E-state index in [9.17, 15) is 9.59 Å². The first-order chi connectivity index (χ1) is 10.5. The van der Waals surface area contributed by atoms with E-state index in [0.29, 0.717) is 18.9 Å².